The van der Waals surface area contributed by atoms with Gasteiger partial charge in [-0.3, -0.25) is 4.79 Å². The van der Waals surface area contributed by atoms with Crippen molar-refractivity contribution < 1.29 is 4.79 Å². The average molecular weight is 246 g/mol. The van der Waals surface area contributed by atoms with Gasteiger partial charge in [-0.05, 0) is 32.4 Å². The Hall–Kier alpha value is -1.35. The van der Waals surface area contributed by atoms with Crippen LogP contribution in [0, 0.1) is 6.92 Å². The number of nitrogens with zero attached hydrogens (tertiary/aromatic N) is 1. The van der Waals surface area contributed by atoms with Gasteiger partial charge in [-0.15, -0.1) is 0 Å². The summed E-state index contributed by atoms with van der Waals surface area (Å²) in [4.78, 5) is 14.3. The highest BCUT2D eigenvalue weighted by molar-refractivity contribution is 5.79. The molecule has 0 aromatic heterocycles. The first-order valence-electron chi connectivity index (χ1n) is 6.70. The van der Waals surface area contributed by atoms with Crippen LogP contribution in [0.2, 0.25) is 0 Å². The molecule has 1 aromatic rings. The monoisotopic (exact) mass is 246 g/mol. The summed E-state index contributed by atoms with van der Waals surface area (Å²) in [5, 5.41) is 3.17. The minimum absolute atomic E-state index is 0.261. The number of nitrogens with one attached hydrogen (secondary N) is 1. The van der Waals surface area contributed by atoms with Gasteiger partial charge in [0.2, 0.25) is 5.91 Å². The number of likely N-dealkylation sites (N-methyl/N-ethyl adjacent to an activating group) is 1. The Bertz CT molecular complexity index is 399. The van der Waals surface area contributed by atoms with E-state index in [4.69, 9.17) is 0 Å². The lowest BCUT2D eigenvalue weighted by molar-refractivity contribution is -0.131. The highest BCUT2D eigenvalue weighted by Crippen LogP contribution is 2.18. The van der Waals surface area contributed by atoms with Crippen molar-refractivity contribution in [1.82, 2.24) is 10.2 Å². The van der Waals surface area contributed by atoms with Crippen molar-refractivity contribution in [2.45, 2.75) is 32.2 Å². The predicted molar refractivity (Wildman–Crippen MR) is 73.5 cm³/mol. The molecule has 98 valence electrons. The third-order valence-corrected chi connectivity index (χ3v) is 3.61. The van der Waals surface area contributed by atoms with Crippen molar-refractivity contribution in [2.24, 2.45) is 0 Å². The SMILES string of the molecule is CNC[C@@H]1CCCN1C(=O)Cc1ccc(C)cc1. The molecule has 2 rings (SSSR count). The van der Waals surface area contributed by atoms with Crippen LogP contribution in [0.3, 0.4) is 0 Å². The van der Waals surface area contributed by atoms with Crippen molar-refractivity contribution in [3.8, 4) is 0 Å². The van der Waals surface area contributed by atoms with Crippen LogP contribution in [0.5, 0.6) is 0 Å². The van der Waals surface area contributed by atoms with Crippen molar-refractivity contribution in [1.29, 1.82) is 0 Å². The fourth-order valence-corrected chi connectivity index (χ4v) is 2.59. The molecule has 1 aliphatic heterocycles. The number of carbonyl (C=O) groups excluding carboxylic acids is 1. The molecule has 0 unspecified atom stereocenters. The summed E-state index contributed by atoms with van der Waals surface area (Å²) in [5.41, 5.74) is 2.35. The largest absolute Gasteiger partial charge is 0.338 e. The van der Waals surface area contributed by atoms with Gasteiger partial charge in [-0.1, -0.05) is 29.8 Å². The fourth-order valence-electron chi connectivity index (χ4n) is 2.59. The normalized spacial score (nSPS) is 19.2. The van der Waals surface area contributed by atoms with E-state index >= 15 is 0 Å². The van der Waals surface area contributed by atoms with Crippen molar-refractivity contribution >= 4 is 5.91 Å². The minimum Gasteiger partial charge on any atom is -0.338 e. The second kappa shape index (κ2) is 6.01. The van der Waals surface area contributed by atoms with E-state index in [2.05, 4.69) is 36.5 Å². The summed E-state index contributed by atoms with van der Waals surface area (Å²) in [6, 6.07) is 8.62. The summed E-state index contributed by atoms with van der Waals surface area (Å²) in [7, 11) is 1.95. The molecule has 1 fully saturated rings. The van der Waals surface area contributed by atoms with Crippen LogP contribution < -0.4 is 5.32 Å². The number of hydrogen-bond acceptors (Lipinski definition) is 2. The predicted octanol–water partition coefficient (Wildman–Crippen LogP) is 1.75. The number of benzene rings is 1. The smallest absolute Gasteiger partial charge is 0.227 e. The fraction of sp³-hybridized carbons (Fsp3) is 0.533. The molecule has 1 heterocycles. The molecule has 3 nitrogen and oxygen atoms in total. The molecule has 0 saturated carbocycles. The maximum absolute atomic E-state index is 12.3. The molecular weight excluding hydrogens is 224 g/mol. The van der Waals surface area contributed by atoms with Gasteiger partial charge in [0.05, 0.1) is 6.42 Å². The van der Waals surface area contributed by atoms with Crippen LogP contribution in [0.15, 0.2) is 24.3 Å². The Morgan fingerprint density at radius 3 is 2.78 bits per heavy atom. The van der Waals surface area contributed by atoms with Crippen LogP contribution in [-0.4, -0.2) is 37.0 Å². The van der Waals surface area contributed by atoms with E-state index in [1.54, 1.807) is 0 Å². The second-order valence-corrected chi connectivity index (χ2v) is 5.10. The van der Waals surface area contributed by atoms with E-state index in [9.17, 15) is 4.79 Å². The molecule has 1 saturated heterocycles. The zero-order valence-corrected chi connectivity index (χ0v) is 11.3. The summed E-state index contributed by atoms with van der Waals surface area (Å²) in [6.07, 6.45) is 2.78. The van der Waals surface area contributed by atoms with Gasteiger partial charge in [0, 0.05) is 19.1 Å². The highest BCUT2D eigenvalue weighted by atomic mass is 16.2. The van der Waals surface area contributed by atoms with Crippen molar-refractivity contribution in [3.63, 3.8) is 0 Å². The molecule has 0 spiro atoms. The molecule has 18 heavy (non-hydrogen) atoms. The molecule has 0 bridgehead atoms. The van der Waals surface area contributed by atoms with Gasteiger partial charge in [0.25, 0.3) is 0 Å². The summed E-state index contributed by atoms with van der Waals surface area (Å²) in [6.45, 7) is 3.88. The molecule has 1 aromatic carbocycles. The molecule has 1 aliphatic rings. The average Bonchev–Trinajstić information content (AvgIpc) is 2.81. The zero-order chi connectivity index (χ0) is 13.0. The highest BCUT2D eigenvalue weighted by Gasteiger charge is 2.27. The molecule has 0 aliphatic carbocycles. The van der Waals surface area contributed by atoms with Crippen LogP contribution >= 0.6 is 0 Å². The minimum atomic E-state index is 0.261. The number of rotatable bonds is 4. The van der Waals surface area contributed by atoms with E-state index in [1.807, 2.05) is 11.9 Å². The number of aryl methyl sites for hydroxylation is 1. The van der Waals surface area contributed by atoms with Gasteiger partial charge in [-0.25, -0.2) is 0 Å². The van der Waals surface area contributed by atoms with Crippen molar-refractivity contribution in [2.75, 3.05) is 20.1 Å². The van der Waals surface area contributed by atoms with Gasteiger partial charge < -0.3 is 10.2 Å². The summed E-state index contributed by atoms with van der Waals surface area (Å²) < 4.78 is 0. The van der Waals surface area contributed by atoms with Crippen molar-refractivity contribution in [3.05, 3.63) is 35.4 Å². The van der Waals surface area contributed by atoms with Crippen LogP contribution in [0.4, 0.5) is 0 Å². The van der Waals surface area contributed by atoms with E-state index in [0.717, 1.165) is 31.5 Å². The quantitative estimate of drug-likeness (QED) is 0.878. The molecule has 1 N–H and O–H groups in total. The third-order valence-electron chi connectivity index (χ3n) is 3.61. The molecular formula is C15H22N2O. The summed E-state index contributed by atoms with van der Waals surface area (Å²) >= 11 is 0. The topological polar surface area (TPSA) is 32.3 Å². The summed E-state index contributed by atoms with van der Waals surface area (Å²) in [5.74, 6) is 0.261. The lowest BCUT2D eigenvalue weighted by Crippen LogP contribution is -2.41. The lowest BCUT2D eigenvalue weighted by atomic mass is 10.1. The maximum atomic E-state index is 12.3. The molecule has 1 atom stereocenters. The van der Waals surface area contributed by atoms with Gasteiger partial charge in [-0.2, -0.15) is 0 Å². The van der Waals surface area contributed by atoms with Crippen LogP contribution in [0.1, 0.15) is 24.0 Å². The Balaban J connectivity index is 1.96. The number of likely N-dealkylation sites (tertiary alicyclic amines) is 1. The zero-order valence-electron chi connectivity index (χ0n) is 11.3. The molecule has 3 heteroatoms. The Labute approximate surface area is 109 Å². The van der Waals surface area contributed by atoms with E-state index in [-0.39, 0.29) is 5.91 Å². The first-order chi connectivity index (χ1) is 8.70. The maximum Gasteiger partial charge on any atom is 0.227 e. The van der Waals surface area contributed by atoms with Gasteiger partial charge in [0.15, 0.2) is 0 Å². The number of carbonyl (C=O) groups is 1. The Kier molecular flexibility index (Phi) is 4.37. The second-order valence-electron chi connectivity index (χ2n) is 5.10. The van der Waals surface area contributed by atoms with Crippen LogP contribution in [0.25, 0.3) is 0 Å². The standard InChI is InChI=1S/C15H22N2O/c1-12-5-7-13(8-6-12)10-15(18)17-9-3-4-14(17)11-16-2/h5-8,14,16H,3-4,9-11H2,1-2H3/t14-/m0/s1. The molecule has 0 radical (unpaired) electrons. The van der Waals surface area contributed by atoms with E-state index < -0.39 is 0 Å². The number of amides is 1. The van der Waals surface area contributed by atoms with Crippen LogP contribution in [-0.2, 0) is 11.2 Å². The molecule has 1 amide bonds. The first kappa shape index (κ1) is 13.1. The van der Waals surface area contributed by atoms with Gasteiger partial charge >= 0.3 is 0 Å². The Morgan fingerprint density at radius 2 is 2.11 bits per heavy atom. The number of hydrogen-bond donors (Lipinski definition) is 1. The lowest BCUT2D eigenvalue weighted by Gasteiger charge is -2.24. The first-order valence-corrected chi connectivity index (χ1v) is 6.70. The van der Waals surface area contributed by atoms with E-state index in [1.165, 1.54) is 5.56 Å². The Morgan fingerprint density at radius 1 is 1.39 bits per heavy atom. The third kappa shape index (κ3) is 3.10. The van der Waals surface area contributed by atoms with Gasteiger partial charge in [0.1, 0.15) is 0 Å². The van der Waals surface area contributed by atoms with E-state index in [0.29, 0.717) is 12.5 Å².